The Balaban J connectivity index is 1.24. The van der Waals surface area contributed by atoms with Crippen LogP contribution in [0, 0.1) is 23.7 Å². The third-order valence-electron chi connectivity index (χ3n) is 10.6. The molecule has 0 N–H and O–H groups in total. The summed E-state index contributed by atoms with van der Waals surface area (Å²) in [5, 5.41) is 0. The normalized spacial score (nSPS) is 25.6. The molecule has 1 fully saturated rings. The van der Waals surface area contributed by atoms with Crippen molar-refractivity contribution in [3.63, 3.8) is 0 Å². The van der Waals surface area contributed by atoms with Crippen LogP contribution < -0.4 is 4.74 Å². The van der Waals surface area contributed by atoms with Gasteiger partial charge in [-0.05, 0) is 122 Å². The van der Waals surface area contributed by atoms with Crippen molar-refractivity contribution in [2.24, 2.45) is 23.7 Å². The van der Waals surface area contributed by atoms with E-state index in [9.17, 15) is 0 Å². The van der Waals surface area contributed by atoms with Crippen molar-refractivity contribution in [3.05, 3.63) is 137 Å². The van der Waals surface area contributed by atoms with Crippen LogP contribution in [-0.4, -0.2) is 12.7 Å². The van der Waals surface area contributed by atoms with E-state index in [1.54, 1.807) is 5.57 Å². The van der Waals surface area contributed by atoms with Crippen LogP contribution in [0.3, 0.4) is 0 Å². The molecular weight excluding hydrogens is 548 g/mol. The minimum atomic E-state index is -0.0285. The highest BCUT2D eigenvalue weighted by atomic mass is 16.5. The van der Waals surface area contributed by atoms with Gasteiger partial charge in [0.1, 0.15) is 17.6 Å². The lowest BCUT2D eigenvalue weighted by atomic mass is 9.73. The van der Waals surface area contributed by atoms with Gasteiger partial charge in [-0.25, -0.2) is 0 Å². The summed E-state index contributed by atoms with van der Waals surface area (Å²) in [6.07, 6.45) is 25.3. The van der Waals surface area contributed by atoms with Gasteiger partial charge in [-0.2, -0.15) is 0 Å². The monoisotopic (exact) mass is 600 g/mol. The van der Waals surface area contributed by atoms with Crippen LogP contribution in [0.1, 0.15) is 83.6 Å². The van der Waals surface area contributed by atoms with Gasteiger partial charge in [0, 0.05) is 12.3 Å². The van der Waals surface area contributed by atoms with Crippen LogP contribution in [0.5, 0.6) is 5.75 Å². The van der Waals surface area contributed by atoms with Crippen LogP contribution in [-0.2, 0) is 11.2 Å². The summed E-state index contributed by atoms with van der Waals surface area (Å²) in [4.78, 5) is 0. The zero-order valence-electron chi connectivity index (χ0n) is 27.6. The third-order valence-corrected chi connectivity index (χ3v) is 10.6. The van der Waals surface area contributed by atoms with E-state index in [1.807, 2.05) is 18.2 Å². The van der Waals surface area contributed by atoms with Gasteiger partial charge in [-0.15, -0.1) is 0 Å². The molecule has 5 atom stereocenters. The molecule has 3 aliphatic carbocycles. The average Bonchev–Trinajstić information content (AvgIpc) is 3.29. The molecule has 0 amide bonds. The highest BCUT2D eigenvalue weighted by Gasteiger charge is 2.31. The first-order chi connectivity index (χ1) is 22.0. The number of para-hydroxylation sites is 1. The zero-order valence-corrected chi connectivity index (χ0v) is 27.6. The summed E-state index contributed by atoms with van der Waals surface area (Å²) >= 11 is 0. The molecule has 0 aromatic heterocycles. The molecule has 0 spiro atoms. The standard InChI is InChI=1S/C43H52O2/c1-31-24-25-35(17-12-16-34-14-6-4-7-15-34)27-41(31)42-28-36(33(3)45-40-22-8-5-9-23-40)20-13-21-38(42)26-32(2)43-29-37-18-10-11-19-39(37)30-44-43/h4-9,14-15,20-23,27-29,31,33,37,39,41H,2,10-13,16-19,24-26,30H2,1,3H3/t31-,33?,37-,39?,41?/m0/s1. The van der Waals surface area contributed by atoms with Gasteiger partial charge in [0.05, 0.1) is 6.61 Å². The maximum atomic E-state index is 6.45. The van der Waals surface area contributed by atoms with Crippen LogP contribution in [0.15, 0.2) is 131 Å². The first kappa shape index (κ1) is 31.5. The molecule has 0 bridgehead atoms. The Morgan fingerprint density at radius 2 is 1.71 bits per heavy atom. The molecular formula is C43H52O2. The van der Waals surface area contributed by atoms with Gasteiger partial charge in [-0.1, -0.05) is 105 Å². The lowest BCUT2D eigenvalue weighted by Crippen LogP contribution is -2.27. The molecule has 2 aromatic carbocycles. The van der Waals surface area contributed by atoms with Gasteiger partial charge in [0.2, 0.25) is 0 Å². The average molecular weight is 601 g/mol. The van der Waals surface area contributed by atoms with Crippen molar-refractivity contribution in [2.45, 2.75) is 90.6 Å². The number of rotatable bonds is 11. The molecule has 0 saturated heterocycles. The van der Waals surface area contributed by atoms with Crippen molar-refractivity contribution in [1.29, 1.82) is 0 Å². The first-order valence-corrected chi connectivity index (χ1v) is 17.6. The summed E-state index contributed by atoms with van der Waals surface area (Å²) in [5.41, 5.74) is 8.31. The van der Waals surface area contributed by atoms with Crippen molar-refractivity contribution in [2.75, 3.05) is 6.61 Å². The van der Waals surface area contributed by atoms with E-state index >= 15 is 0 Å². The minimum absolute atomic E-state index is 0.0285. The molecule has 236 valence electrons. The van der Waals surface area contributed by atoms with E-state index in [4.69, 9.17) is 9.47 Å². The second kappa shape index (κ2) is 15.2. The number of hydrogen-bond donors (Lipinski definition) is 0. The fraction of sp³-hybridized carbons (Fsp3) is 0.442. The van der Waals surface area contributed by atoms with Crippen molar-refractivity contribution in [1.82, 2.24) is 0 Å². The Morgan fingerprint density at radius 1 is 0.933 bits per heavy atom. The smallest absolute Gasteiger partial charge is 0.121 e. The van der Waals surface area contributed by atoms with Crippen molar-refractivity contribution < 1.29 is 9.47 Å². The highest BCUT2D eigenvalue weighted by molar-refractivity contribution is 5.49. The molecule has 1 saturated carbocycles. The molecule has 6 rings (SSSR count). The van der Waals surface area contributed by atoms with Gasteiger partial charge in [-0.3, -0.25) is 0 Å². The second-order valence-electron chi connectivity index (χ2n) is 13.9. The van der Waals surface area contributed by atoms with Crippen molar-refractivity contribution >= 4 is 0 Å². The number of benzene rings is 2. The Hall–Kier alpha value is -3.52. The summed E-state index contributed by atoms with van der Waals surface area (Å²) in [6, 6.07) is 21.2. The molecule has 2 aromatic rings. The van der Waals surface area contributed by atoms with Crippen LogP contribution in [0.25, 0.3) is 0 Å². The number of allylic oxidation sites excluding steroid dienone is 8. The van der Waals surface area contributed by atoms with Gasteiger partial charge in [0.25, 0.3) is 0 Å². The van der Waals surface area contributed by atoms with E-state index in [2.05, 4.69) is 93.3 Å². The molecule has 1 heterocycles. The van der Waals surface area contributed by atoms with Gasteiger partial charge >= 0.3 is 0 Å². The van der Waals surface area contributed by atoms with Crippen LogP contribution in [0.2, 0.25) is 0 Å². The number of ether oxygens (including phenoxy) is 2. The van der Waals surface area contributed by atoms with Crippen LogP contribution in [0.4, 0.5) is 0 Å². The summed E-state index contributed by atoms with van der Waals surface area (Å²) in [6.45, 7) is 10.1. The second-order valence-corrected chi connectivity index (χ2v) is 13.9. The lowest BCUT2D eigenvalue weighted by Gasteiger charge is -2.35. The number of hydrogen-bond acceptors (Lipinski definition) is 2. The van der Waals surface area contributed by atoms with Gasteiger partial charge < -0.3 is 9.47 Å². The predicted octanol–water partition coefficient (Wildman–Crippen LogP) is 11.3. The Bertz CT molecular complexity index is 1450. The minimum Gasteiger partial charge on any atom is -0.493 e. The van der Waals surface area contributed by atoms with Crippen molar-refractivity contribution in [3.8, 4) is 5.75 Å². The van der Waals surface area contributed by atoms with E-state index < -0.39 is 0 Å². The molecule has 45 heavy (non-hydrogen) atoms. The molecule has 0 radical (unpaired) electrons. The zero-order chi connectivity index (χ0) is 31.0. The topological polar surface area (TPSA) is 18.5 Å². The fourth-order valence-corrected chi connectivity index (χ4v) is 7.83. The first-order valence-electron chi connectivity index (χ1n) is 17.6. The SMILES string of the molecule is C=C(CC1=CCC=C(C(C)Oc2ccccc2)C=C1C1C=C(CCCc2ccccc2)CC[C@@H]1C)C1=C[C@@H]2CCCCC2CO1. The fourth-order valence-electron chi connectivity index (χ4n) is 7.83. The quantitative estimate of drug-likeness (QED) is 0.239. The molecule has 2 heteroatoms. The Morgan fingerprint density at radius 3 is 2.53 bits per heavy atom. The Kier molecular flexibility index (Phi) is 10.6. The van der Waals surface area contributed by atoms with E-state index in [0.717, 1.165) is 43.0 Å². The van der Waals surface area contributed by atoms with E-state index in [1.165, 1.54) is 73.6 Å². The predicted molar refractivity (Wildman–Crippen MR) is 188 cm³/mol. The van der Waals surface area contributed by atoms with Gasteiger partial charge in [0.15, 0.2) is 0 Å². The highest BCUT2D eigenvalue weighted by Crippen LogP contribution is 2.43. The number of fused-ring (bicyclic) bond motifs is 1. The van der Waals surface area contributed by atoms with E-state index in [-0.39, 0.29) is 6.10 Å². The third kappa shape index (κ3) is 8.20. The Labute approximate surface area is 272 Å². The lowest BCUT2D eigenvalue weighted by molar-refractivity contribution is 0.0966. The van der Waals surface area contributed by atoms with Crippen LogP contribution >= 0.6 is 0 Å². The summed E-state index contributed by atoms with van der Waals surface area (Å²) in [7, 11) is 0. The maximum Gasteiger partial charge on any atom is 0.121 e. The van der Waals surface area contributed by atoms with E-state index in [0.29, 0.717) is 23.7 Å². The number of aryl methyl sites for hydroxylation is 1. The largest absolute Gasteiger partial charge is 0.493 e. The summed E-state index contributed by atoms with van der Waals surface area (Å²) < 4.78 is 12.8. The molecule has 3 unspecified atom stereocenters. The molecule has 4 aliphatic rings. The maximum absolute atomic E-state index is 6.45. The summed E-state index contributed by atoms with van der Waals surface area (Å²) in [5.74, 6) is 4.28. The molecule has 1 aliphatic heterocycles. The molecule has 2 nitrogen and oxygen atoms in total.